The maximum atomic E-state index is 13.7. The molecule has 5 heteroatoms. The summed E-state index contributed by atoms with van der Waals surface area (Å²) in [5.74, 6) is -0.183. The highest BCUT2D eigenvalue weighted by Crippen LogP contribution is 2.39. The van der Waals surface area contributed by atoms with Gasteiger partial charge in [0.1, 0.15) is 5.82 Å². The van der Waals surface area contributed by atoms with Crippen molar-refractivity contribution in [2.24, 2.45) is 0 Å². The molecule has 2 heterocycles. The Balaban J connectivity index is 1.65. The third-order valence-electron chi connectivity index (χ3n) is 6.21. The number of carbonyl (C=O) groups excluding carboxylic acids is 2. The smallest absolute Gasteiger partial charge is 0.226 e. The summed E-state index contributed by atoms with van der Waals surface area (Å²) in [5.41, 5.74) is 5.40. The molecule has 31 heavy (non-hydrogen) atoms. The van der Waals surface area contributed by atoms with Gasteiger partial charge in [0.25, 0.3) is 0 Å². The number of nitrogens with zero attached hydrogens (tertiary/aromatic N) is 2. The van der Waals surface area contributed by atoms with Gasteiger partial charge in [-0.25, -0.2) is 4.68 Å². The highest BCUT2D eigenvalue weighted by molar-refractivity contribution is 6.14. The van der Waals surface area contributed by atoms with Gasteiger partial charge in [-0.3, -0.25) is 9.59 Å². The van der Waals surface area contributed by atoms with Gasteiger partial charge in [-0.2, -0.15) is 5.10 Å². The van der Waals surface area contributed by atoms with E-state index >= 15 is 0 Å². The zero-order chi connectivity index (χ0) is 21.7. The van der Waals surface area contributed by atoms with E-state index < -0.39 is 5.92 Å². The number of carbonyl (C=O) groups is 2. The Hall–Kier alpha value is -3.73. The van der Waals surface area contributed by atoms with Crippen LogP contribution in [-0.2, 0) is 4.79 Å². The molecule has 5 nitrogen and oxygen atoms in total. The van der Waals surface area contributed by atoms with Crippen LogP contribution in [0.5, 0.6) is 0 Å². The van der Waals surface area contributed by atoms with Gasteiger partial charge in [0, 0.05) is 17.5 Å². The van der Waals surface area contributed by atoms with Crippen LogP contribution in [0.3, 0.4) is 0 Å². The van der Waals surface area contributed by atoms with Crippen LogP contribution in [0.1, 0.15) is 45.1 Å². The summed E-state index contributed by atoms with van der Waals surface area (Å²) >= 11 is 0. The monoisotopic (exact) mass is 409 g/mol. The van der Waals surface area contributed by atoms with Crippen LogP contribution in [0, 0.1) is 20.8 Å². The Morgan fingerprint density at radius 1 is 1.00 bits per heavy atom. The molecule has 1 amide bonds. The van der Waals surface area contributed by atoms with Crippen molar-refractivity contribution in [3.8, 4) is 5.69 Å². The first kappa shape index (κ1) is 19.2. The maximum absolute atomic E-state index is 13.7. The lowest BCUT2D eigenvalue weighted by molar-refractivity contribution is -0.116. The van der Waals surface area contributed by atoms with Gasteiger partial charge in [-0.05, 0) is 54.8 Å². The number of aromatic nitrogens is 2. The number of nitrogens with one attached hydrogen (secondary N) is 1. The zero-order valence-electron chi connectivity index (χ0n) is 17.8. The van der Waals surface area contributed by atoms with Gasteiger partial charge in [-0.1, -0.05) is 48.5 Å². The van der Waals surface area contributed by atoms with Gasteiger partial charge in [0.15, 0.2) is 5.78 Å². The van der Waals surface area contributed by atoms with Crippen molar-refractivity contribution in [2.75, 3.05) is 5.32 Å². The van der Waals surface area contributed by atoms with E-state index in [4.69, 9.17) is 5.10 Å². The molecule has 1 aliphatic rings. The molecule has 1 N–H and O–H groups in total. The first-order valence-electron chi connectivity index (χ1n) is 10.4. The number of anilines is 1. The predicted molar refractivity (Wildman–Crippen MR) is 122 cm³/mol. The maximum Gasteiger partial charge on any atom is 0.226 e. The molecule has 0 fully saturated rings. The molecule has 5 rings (SSSR count). The van der Waals surface area contributed by atoms with Gasteiger partial charge < -0.3 is 5.32 Å². The molecule has 0 spiro atoms. The molecule has 0 bridgehead atoms. The van der Waals surface area contributed by atoms with Gasteiger partial charge in [-0.15, -0.1) is 0 Å². The van der Waals surface area contributed by atoms with Gasteiger partial charge in [0.2, 0.25) is 5.91 Å². The van der Waals surface area contributed by atoms with E-state index in [1.165, 1.54) is 5.56 Å². The summed E-state index contributed by atoms with van der Waals surface area (Å²) < 4.78 is 1.75. The minimum absolute atomic E-state index is 0.0457. The highest BCUT2D eigenvalue weighted by Gasteiger charge is 2.36. The Bertz CT molecular complexity index is 1360. The van der Waals surface area contributed by atoms with Crippen molar-refractivity contribution in [1.82, 2.24) is 9.78 Å². The molecule has 0 saturated carbocycles. The van der Waals surface area contributed by atoms with E-state index in [1.54, 1.807) is 4.68 Å². The number of fused-ring (bicyclic) bond motifs is 2. The highest BCUT2D eigenvalue weighted by atomic mass is 16.2. The molecule has 1 aromatic heterocycles. The lowest BCUT2D eigenvalue weighted by atomic mass is 9.84. The topological polar surface area (TPSA) is 64.0 Å². The van der Waals surface area contributed by atoms with Crippen molar-refractivity contribution in [3.05, 3.63) is 88.6 Å². The minimum Gasteiger partial charge on any atom is -0.310 e. The average molecular weight is 409 g/mol. The largest absolute Gasteiger partial charge is 0.310 e. The number of benzene rings is 3. The number of Topliss-reactive ketones (excluding diaryl/α,β-unsaturated/α-hetero) is 1. The van der Waals surface area contributed by atoms with Crippen LogP contribution in [0.2, 0.25) is 0 Å². The van der Waals surface area contributed by atoms with Gasteiger partial charge >= 0.3 is 0 Å². The molecule has 0 unspecified atom stereocenters. The van der Waals surface area contributed by atoms with Crippen molar-refractivity contribution in [3.63, 3.8) is 0 Å². The quantitative estimate of drug-likeness (QED) is 0.470. The number of ketones is 1. The number of rotatable bonds is 3. The second-order valence-corrected chi connectivity index (χ2v) is 8.22. The zero-order valence-corrected chi connectivity index (χ0v) is 17.8. The van der Waals surface area contributed by atoms with Gasteiger partial charge in [0.05, 0.1) is 17.3 Å². The fraction of sp³-hybridized carbons (Fsp3) is 0.192. The fourth-order valence-corrected chi connectivity index (χ4v) is 4.44. The standard InChI is InChI=1S/C26H23N3O2/c1-15-11-12-19(13-16(15)2)29-26-24(17(3)28-29)22(14-23(30)27-26)25(31)21-10-6-8-18-7-4-5-9-20(18)21/h4-13,22H,14H2,1-3H3,(H,27,30)/t22-/m0/s1. The normalized spacial score (nSPS) is 15.6. The van der Waals surface area contributed by atoms with E-state index in [9.17, 15) is 9.59 Å². The SMILES string of the molecule is Cc1ccc(-n2nc(C)c3c2NC(=O)C[C@@H]3C(=O)c2cccc3ccccc23)cc1C. The summed E-state index contributed by atoms with van der Waals surface area (Å²) in [6.45, 7) is 6.01. The van der Waals surface area contributed by atoms with E-state index in [0.717, 1.165) is 33.3 Å². The van der Waals surface area contributed by atoms with Crippen LogP contribution >= 0.6 is 0 Å². The van der Waals surface area contributed by atoms with E-state index in [0.29, 0.717) is 11.4 Å². The van der Waals surface area contributed by atoms with Crippen LogP contribution in [0.4, 0.5) is 5.82 Å². The van der Waals surface area contributed by atoms with Crippen molar-refractivity contribution >= 4 is 28.3 Å². The Labute approximate surface area is 180 Å². The predicted octanol–water partition coefficient (Wildman–Crippen LogP) is 5.26. The van der Waals surface area contributed by atoms with E-state index in [-0.39, 0.29) is 18.1 Å². The lowest BCUT2D eigenvalue weighted by Crippen LogP contribution is -2.28. The molecule has 1 aliphatic heterocycles. The second-order valence-electron chi connectivity index (χ2n) is 8.22. The number of amides is 1. The second kappa shape index (κ2) is 7.20. The summed E-state index contributed by atoms with van der Waals surface area (Å²) in [6, 6.07) is 19.6. The lowest BCUT2D eigenvalue weighted by Gasteiger charge is -2.23. The molecule has 0 aliphatic carbocycles. The number of hydrogen-bond donors (Lipinski definition) is 1. The molecule has 4 aromatic rings. The van der Waals surface area contributed by atoms with Crippen LogP contribution in [-0.4, -0.2) is 21.5 Å². The van der Waals surface area contributed by atoms with Crippen LogP contribution < -0.4 is 5.32 Å². The number of hydrogen-bond acceptors (Lipinski definition) is 3. The molecule has 1 atom stereocenters. The summed E-state index contributed by atoms with van der Waals surface area (Å²) in [5, 5.41) is 9.59. The summed E-state index contributed by atoms with van der Waals surface area (Å²) in [6.07, 6.45) is 0.120. The van der Waals surface area contributed by atoms with E-state index in [1.807, 2.05) is 74.5 Å². The van der Waals surface area contributed by atoms with E-state index in [2.05, 4.69) is 12.2 Å². The first-order chi connectivity index (χ1) is 14.9. The first-order valence-corrected chi connectivity index (χ1v) is 10.4. The van der Waals surface area contributed by atoms with Crippen LogP contribution in [0.15, 0.2) is 60.7 Å². The molecular weight excluding hydrogens is 386 g/mol. The van der Waals surface area contributed by atoms with Crippen LogP contribution in [0.25, 0.3) is 16.5 Å². The Morgan fingerprint density at radius 3 is 2.58 bits per heavy atom. The minimum atomic E-state index is -0.560. The van der Waals surface area contributed by atoms with Crippen molar-refractivity contribution in [2.45, 2.75) is 33.1 Å². The average Bonchev–Trinajstić information content (AvgIpc) is 3.10. The summed E-state index contributed by atoms with van der Waals surface area (Å²) in [7, 11) is 0. The fourth-order valence-electron chi connectivity index (χ4n) is 4.44. The van der Waals surface area contributed by atoms with Crippen molar-refractivity contribution < 1.29 is 9.59 Å². The molecule has 154 valence electrons. The number of aryl methyl sites for hydroxylation is 3. The Morgan fingerprint density at radius 2 is 1.77 bits per heavy atom. The molecule has 3 aromatic carbocycles. The summed E-state index contributed by atoms with van der Waals surface area (Å²) in [4.78, 5) is 26.3. The molecule has 0 saturated heterocycles. The Kier molecular flexibility index (Phi) is 4.47. The third kappa shape index (κ3) is 3.13. The van der Waals surface area contributed by atoms with Crippen molar-refractivity contribution in [1.29, 1.82) is 0 Å². The molecular formula is C26H23N3O2. The molecule has 0 radical (unpaired) electrons. The third-order valence-corrected chi connectivity index (χ3v) is 6.21.